The van der Waals surface area contributed by atoms with Crippen molar-refractivity contribution >= 4 is 11.6 Å². The molecule has 1 aromatic rings. The Balaban J connectivity index is 1.95. The fraction of sp³-hybridized carbons (Fsp3) is 0.375. The molecule has 19 heavy (non-hydrogen) atoms. The number of fused-ring (bicyclic) bond motifs is 1. The predicted molar refractivity (Wildman–Crippen MR) is 71.2 cm³/mol. The molecular formula is C16H16O3. The highest BCUT2D eigenvalue weighted by Crippen LogP contribution is 2.36. The average molecular weight is 256 g/mol. The molecule has 3 heteroatoms. The lowest BCUT2D eigenvalue weighted by molar-refractivity contribution is 0.0331. The van der Waals surface area contributed by atoms with E-state index in [0.717, 1.165) is 31.3 Å². The van der Waals surface area contributed by atoms with Gasteiger partial charge < -0.3 is 5.11 Å². The minimum atomic E-state index is -1.87. The summed E-state index contributed by atoms with van der Waals surface area (Å²) in [7, 11) is 0. The molecule has 2 aliphatic rings. The Hall–Kier alpha value is -1.74. The number of rotatable bonds is 2. The summed E-state index contributed by atoms with van der Waals surface area (Å²) in [5.41, 5.74) is -0.131. The Bertz CT molecular complexity index is 548. The molecule has 0 heterocycles. The Morgan fingerprint density at radius 2 is 1.68 bits per heavy atom. The first kappa shape index (κ1) is 12.3. The summed E-state index contributed by atoms with van der Waals surface area (Å²) in [6, 6.07) is 6.66. The maximum Gasteiger partial charge on any atom is 0.203 e. The van der Waals surface area contributed by atoms with Gasteiger partial charge in [0.2, 0.25) is 11.6 Å². The second-order valence-electron chi connectivity index (χ2n) is 5.35. The van der Waals surface area contributed by atoms with Gasteiger partial charge in [0.05, 0.1) is 0 Å². The number of benzene rings is 1. The van der Waals surface area contributed by atoms with Gasteiger partial charge in [0.15, 0.2) is 5.60 Å². The molecule has 0 saturated heterocycles. The Morgan fingerprint density at radius 1 is 1.05 bits per heavy atom. The van der Waals surface area contributed by atoms with Crippen LogP contribution in [0.15, 0.2) is 35.9 Å². The molecule has 2 aliphatic carbocycles. The van der Waals surface area contributed by atoms with Crippen LogP contribution in [-0.2, 0) is 0 Å². The molecular weight excluding hydrogens is 240 g/mol. The third-order valence-electron chi connectivity index (χ3n) is 4.04. The third kappa shape index (κ3) is 1.85. The highest BCUT2D eigenvalue weighted by molar-refractivity contribution is 6.32. The molecule has 0 amide bonds. The van der Waals surface area contributed by atoms with Crippen molar-refractivity contribution in [1.29, 1.82) is 0 Å². The Labute approximate surface area is 111 Å². The molecule has 98 valence electrons. The summed E-state index contributed by atoms with van der Waals surface area (Å²) in [6.07, 6.45) is 6.27. The monoisotopic (exact) mass is 256 g/mol. The second-order valence-corrected chi connectivity index (χ2v) is 5.35. The van der Waals surface area contributed by atoms with Crippen LogP contribution < -0.4 is 0 Å². The van der Waals surface area contributed by atoms with Gasteiger partial charge in [0, 0.05) is 17.5 Å². The smallest absolute Gasteiger partial charge is 0.203 e. The number of ketones is 2. The zero-order chi connectivity index (χ0) is 13.5. The molecule has 0 radical (unpaired) electrons. The maximum atomic E-state index is 12.3. The first-order chi connectivity index (χ1) is 9.13. The lowest BCUT2D eigenvalue weighted by atomic mass is 9.85. The number of carbonyl (C=O) groups excluding carboxylic acids is 2. The van der Waals surface area contributed by atoms with Gasteiger partial charge in [-0.3, -0.25) is 9.59 Å². The lowest BCUT2D eigenvalue weighted by Gasteiger charge is -2.22. The van der Waals surface area contributed by atoms with Crippen LogP contribution in [0, 0.1) is 0 Å². The van der Waals surface area contributed by atoms with Gasteiger partial charge in [-0.2, -0.15) is 0 Å². The van der Waals surface area contributed by atoms with Crippen molar-refractivity contribution in [2.24, 2.45) is 0 Å². The van der Waals surface area contributed by atoms with Gasteiger partial charge in [-0.25, -0.2) is 0 Å². The van der Waals surface area contributed by atoms with Crippen LogP contribution in [0.3, 0.4) is 0 Å². The predicted octanol–water partition coefficient (Wildman–Crippen LogP) is 2.69. The van der Waals surface area contributed by atoms with E-state index in [1.165, 1.54) is 0 Å². The molecule has 0 saturated carbocycles. The van der Waals surface area contributed by atoms with E-state index in [2.05, 4.69) is 6.08 Å². The van der Waals surface area contributed by atoms with E-state index in [1.54, 1.807) is 24.3 Å². The van der Waals surface area contributed by atoms with Gasteiger partial charge in [-0.15, -0.1) is 0 Å². The SMILES string of the molecule is O=C1c2ccccc2C(=O)C1(O)CC1=CCCCC1. The van der Waals surface area contributed by atoms with Crippen molar-refractivity contribution in [3.63, 3.8) is 0 Å². The van der Waals surface area contributed by atoms with E-state index in [9.17, 15) is 14.7 Å². The van der Waals surface area contributed by atoms with Crippen LogP contribution in [0.1, 0.15) is 52.8 Å². The number of hydrogen-bond donors (Lipinski definition) is 1. The fourth-order valence-corrected chi connectivity index (χ4v) is 2.98. The van der Waals surface area contributed by atoms with Crippen LogP contribution in [0.5, 0.6) is 0 Å². The average Bonchev–Trinajstić information content (AvgIpc) is 2.63. The molecule has 1 aromatic carbocycles. The number of hydrogen-bond acceptors (Lipinski definition) is 3. The van der Waals surface area contributed by atoms with Crippen LogP contribution in [-0.4, -0.2) is 22.3 Å². The van der Waals surface area contributed by atoms with Crippen molar-refractivity contribution in [3.05, 3.63) is 47.0 Å². The largest absolute Gasteiger partial charge is 0.374 e. The quantitative estimate of drug-likeness (QED) is 0.653. The zero-order valence-corrected chi connectivity index (χ0v) is 10.7. The molecule has 3 nitrogen and oxygen atoms in total. The summed E-state index contributed by atoms with van der Waals surface area (Å²) in [5.74, 6) is -0.890. The highest BCUT2D eigenvalue weighted by Gasteiger charge is 2.51. The molecule has 0 aliphatic heterocycles. The van der Waals surface area contributed by atoms with Crippen LogP contribution >= 0.6 is 0 Å². The summed E-state index contributed by atoms with van der Waals surface area (Å²) in [4.78, 5) is 24.6. The van der Waals surface area contributed by atoms with Gasteiger partial charge in [-0.05, 0) is 25.7 Å². The van der Waals surface area contributed by atoms with Crippen molar-refractivity contribution in [3.8, 4) is 0 Å². The molecule has 3 rings (SSSR count). The number of allylic oxidation sites excluding steroid dienone is 1. The minimum Gasteiger partial charge on any atom is -0.374 e. The van der Waals surface area contributed by atoms with Crippen LogP contribution in [0.25, 0.3) is 0 Å². The molecule has 0 aromatic heterocycles. The summed E-state index contributed by atoms with van der Waals surface area (Å²) in [6.45, 7) is 0. The van der Waals surface area contributed by atoms with Crippen LogP contribution in [0.4, 0.5) is 0 Å². The minimum absolute atomic E-state index is 0.152. The van der Waals surface area contributed by atoms with Gasteiger partial charge in [0.25, 0.3) is 0 Å². The molecule has 0 spiro atoms. The third-order valence-corrected chi connectivity index (χ3v) is 4.04. The standard InChI is InChI=1S/C16H16O3/c17-14-12-8-4-5-9-13(12)15(18)16(14,19)10-11-6-2-1-3-7-11/h4-6,8-9,19H,1-3,7,10H2. The van der Waals surface area contributed by atoms with Crippen molar-refractivity contribution < 1.29 is 14.7 Å². The lowest BCUT2D eigenvalue weighted by Crippen LogP contribution is -2.41. The number of Topliss-reactive ketones (excluding diaryl/α,β-unsaturated/α-hetero) is 2. The normalized spacial score (nSPS) is 21.2. The van der Waals surface area contributed by atoms with E-state index in [0.29, 0.717) is 11.1 Å². The topological polar surface area (TPSA) is 54.4 Å². The Kier molecular flexibility index (Phi) is 2.86. The highest BCUT2D eigenvalue weighted by atomic mass is 16.3. The molecule has 1 N–H and O–H groups in total. The van der Waals surface area contributed by atoms with E-state index < -0.39 is 17.2 Å². The van der Waals surface area contributed by atoms with Gasteiger partial charge in [-0.1, -0.05) is 35.9 Å². The summed E-state index contributed by atoms with van der Waals surface area (Å²) < 4.78 is 0. The number of carbonyl (C=O) groups is 2. The van der Waals surface area contributed by atoms with Gasteiger partial charge >= 0.3 is 0 Å². The first-order valence-corrected chi connectivity index (χ1v) is 6.72. The summed E-state index contributed by atoms with van der Waals surface area (Å²) in [5, 5.41) is 10.6. The van der Waals surface area contributed by atoms with Crippen LogP contribution in [0.2, 0.25) is 0 Å². The first-order valence-electron chi connectivity index (χ1n) is 6.72. The zero-order valence-electron chi connectivity index (χ0n) is 10.7. The molecule has 0 unspecified atom stereocenters. The van der Waals surface area contributed by atoms with E-state index >= 15 is 0 Å². The van der Waals surface area contributed by atoms with E-state index in [-0.39, 0.29) is 6.42 Å². The maximum absolute atomic E-state index is 12.3. The summed E-state index contributed by atoms with van der Waals surface area (Å²) >= 11 is 0. The van der Waals surface area contributed by atoms with E-state index in [1.807, 2.05) is 0 Å². The molecule has 0 bridgehead atoms. The second kappa shape index (κ2) is 4.42. The fourth-order valence-electron chi connectivity index (χ4n) is 2.98. The molecule has 0 atom stereocenters. The van der Waals surface area contributed by atoms with Crippen molar-refractivity contribution in [2.75, 3.05) is 0 Å². The number of aliphatic hydroxyl groups is 1. The Morgan fingerprint density at radius 3 is 2.21 bits per heavy atom. The van der Waals surface area contributed by atoms with Crippen molar-refractivity contribution in [2.45, 2.75) is 37.7 Å². The van der Waals surface area contributed by atoms with Gasteiger partial charge in [0.1, 0.15) is 0 Å². The van der Waals surface area contributed by atoms with E-state index in [4.69, 9.17) is 0 Å². The van der Waals surface area contributed by atoms with Crippen molar-refractivity contribution in [1.82, 2.24) is 0 Å². The molecule has 0 fully saturated rings.